The van der Waals surface area contributed by atoms with Crippen LogP contribution in [0.3, 0.4) is 0 Å². The van der Waals surface area contributed by atoms with Crippen LogP contribution in [-0.2, 0) is 4.79 Å². The van der Waals surface area contributed by atoms with Crippen molar-refractivity contribution >= 4 is 22.6 Å². The Morgan fingerprint density at radius 1 is 1.09 bits per heavy atom. The van der Waals surface area contributed by atoms with Crippen LogP contribution in [0.2, 0.25) is 0 Å². The van der Waals surface area contributed by atoms with E-state index in [0.29, 0.717) is 29.1 Å². The lowest BCUT2D eigenvalue weighted by atomic mass is 9.67. The van der Waals surface area contributed by atoms with Crippen molar-refractivity contribution in [2.75, 3.05) is 6.61 Å². The van der Waals surface area contributed by atoms with Crippen molar-refractivity contribution in [1.29, 1.82) is 0 Å². The van der Waals surface area contributed by atoms with Gasteiger partial charge >= 0.3 is 0 Å². The maximum Gasteiger partial charge on any atom is 0.136 e. The first-order valence-electron chi connectivity index (χ1n) is 8.38. The molecule has 0 aromatic rings. The van der Waals surface area contributed by atoms with Gasteiger partial charge in [0.05, 0.1) is 6.61 Å². The highest BCUT2D eigenvalue weighted by Gasteiger charge is 2.46. The fraction of sp³-hybridized carbons (Fsp3) is 0.833. The average Bonchev–Trinajstić information content (AvgIpc) is 2.92. The second-order valence-corrected chi connectivity index (χ2v) is 7.86. The maximum atomic E-state index is 11.2. The third kappa shape index (κ3) is 3.69. The van der Waals surface area contributed by atoms with E-state index >= 15 is 0 Å². The second kappa shape index (κ2) is 7.38. The van der Waals surface area contributed by atoms with Gasteiger partial charge < -0.3 is 5.11 Å². The fourth-order valence-electron chi connectivity index (χ4n) is 4.60. The third-order valence-electron chi connectivity index (χ3n) is 6.30. The summed E-state index contributed by atoms with van der Waals surface area (Å²) in [6, 6.07) is 0. The van der Waals surface area contributed by atoms with Gasteiger partial charge in [0.1, 0.15) is 5.78 Å². The van der Waals surface area contributed by atoms with Gasteiger partial charge in [0.2, 0.25) is 0 Å². The van der Waals surface area contributed by atoms with E-state index in [4.69, 9.17) is 5.11 Å². The van der Waals surface area contributed by atoms with Crippen molar-refractivity contribution in [1.82, 2.24) is 0 Å². The van der Waals surface area contributed by atoms with Crippen molar-refractivity contribution in [3.8, 4) is 0 Å². The van der Waals surface area contributed by atoms with Crippen molar-refractivity contribution < 1.29 is 9.90 Å². The van der Waals surface area contributed by atoms with Crippen LogP contribution < -0.4 is 0 Å². The molecule has 2 nitrogen and oxygen atoms in total. The second-order valence-electron chi connectivity index (χ2n) is 7.86. The molecule has 0 bridgehead atoms. The maximum absolute atomic E-state index is 11.2. The molecule has 1 N–H and O–H groups in total. The molecule has 0 amide bonds. The molecule has 1 unspecified atom stereocenters. The summed E-state index contributed by atoms with van der Waals surface area (Å²) < 4.78 is 0. The Balaban J connectivity index is 0.000000202. The number of carbonyl (C=O) groups excluding carboxylic acids is 1. The number of hydrogen-bond donors (Lipinski definition) is 1. The molecule has 0 aromatic heterocycles. The van der Waals surface area contributed by atoms with Gasteiger partial charge in [0, 0.05) is 29.2 Å². The molecule has 1 atom stereocenters. The third-order valence-corrected chi connectivity index (χ3v) is 6.30. The minimum absolute atomic E-state index is 0. The van der Waals surface area contributed by atoms with Gasteiger partial charge in [-0.15, -0.1) is 0 Å². The summed E-state index contributed by atoms with van der Waals surface area (Å²) in [5.74, 6) is 0.889. The number of allylic oxidation sites excluding steroid dienone is 1. The van der Waals surface area contributed by atoms with Gasteiger partial charge in [-0.25, -0.2) is 0 Å². The lowest BCUT2D eigenvalue weighted by molar-refractivity contribution is -0.120. The van der Waals surface area contributed by atoms with Crippen molar-refractivity contribution in [3.05, 3.63) is 11.6 Å². The number of ketones is 1. The molecule has 118 valence electrons. The standard InChI is InChI=1S/2C9H14O.2B/c1-7-5-9(3-2-4-9)6-8(7)10;10-7-8-2-5-9(6-8)3-1-4-9;;/h7H,2-6H2,1H3;2,10H,1,3-7H2;;. The van der Waals surface area contributed by atoms with Crippen LogP contribution in [0, 0.1) is 16.7 Å². The van der Waals surface area contributed by atoms with Crippen LogP contribution in [0.1, 0.15) is 71.1 Å². The monoisotopic (exact) mass is 298 g/mol. The Morgan fingerprint density at radius 2 is 1.68 bits per heavy atom. The Labute approximate surface area is 139 Å². The normalized spacial score (nSPS) is 29.5. The van der Waals surface area contributed by atoms with E-state index < -0.39 is 0 Å². The van der Waals surface area contributed by atoms with Crippen LogP contribution in [0.4, 0.5) is 0 Å². The fourth-order valence-corrected chi connectivity index (χ4v) is 4.60. The molecule has 0 aromatic carbocycles. The smallest absolute Gasteiger partial charge is 0.136 e. The molecule has 3 saturated carbocycles. The molecule has 3 fully saturated rings. The molecule has 4 aliphatic carbocycles. The zero-order valence-electron chi connectivity index (χ0n) is 13.9. The summed E-state index contributed by atoms with van der Waals surface area (Å²) in [4.78, 5) is 11.2. The molecule has 2 spiro atoms. The van der Waals surface area contributed by atoms with Crippen molar-refractivity contribution in [2.45, 2.75) is 71.1 Å². The van der Waals surface area contributed by atoms with Gasteiger partial charge in [-0.3, -0.25) is 4.79 Å². The number of aliphatic hydroxyl groups excluding tert-OH is 1. The molecule has 0 saturated heterocycles. The van der Waals surface area contributed by atoms with E-state index in [1.54, 1.807) is 0 Å². The molecule has 0 aliphatic heterocycles. The Kier molecular flexibility index (Phi) is 6.56. The van der Waals surface area contributed by atoms with E-state index in [1.165, 1.54) is 63.4 Å². The molecular formula is C18H28B2O2. The molecule has 4 aliphatic rings. The zero-order chi connectivity index (χ0) is 14.2. The SMILES string of the molecule is CC1CC2(CCC2)CC1=O.OCC1=CCC2(CCC2)C1.[B].[B]. The number of hydrogen-bond acceptors (Lipinski definition) is 2. The zero-order valence-corrected chi connectivity index (χ0v) is 13.9. The van der Waals surface area contributed by atoms with Crippen LogP contribution in [0.5, 0.6) is 0 Å². The highest BCUT2D eigenvalue weighted by molar-refractivity contribution is 5.83. The summed E-state index contributed by atoms with van der Waals surface area (Å²) in [5, 5.41) is 8.85. The molecule has 4 heteroatoms. The van der Waals surface area contributed by atoms with Gasteiger partial charge in [0.25, 0.3) is 0 Å². The predicted molar refractivity (Wildman–Crippen MR) is 91.9 cm³/mol. The highest BCUT2D eigenvalue weighted by Crippen LogP contribution is 2.53. The lowest BCUT2D eigenvalue weighted by Crippen LogP contribution is -2.26. The van der Waals surface area contributed by atoms with E-state index in [2.05, 4.69) is 13.0 Å². The Morgan fingerprint density at radius 3 is 1.91 bits per heavy atom. The number of carbonyl (C=O) groups is 1. The minimum Gasteiger partial charge on any atom is -0.392 e. The van der Waals surface area contributed by atoms with E-state index in [0.717, 1.165) is 6.42 Å². The molecule has 4 rings (SSSR count). The van der Waals surface area contributed by atoms with Crippen molar-refractivity contribution in [3.63, 3.8) is 0 Å². The van der Waals surface area contributed by atoms with E-state index in [1.807, 2.05) is 0 Å². The molecule has 0 heterocycles. The number of aliphatic hydroxyl groups is 1. The van der Waals surface area contributed by atoms with Gasteiger partial charge in [-0.05, 0) is 61.3 Å². The number of rotatable bonds is 1. The number of Topliss-reactive ketones (excluding diaryl/α,β-unsaturated/α-hetero) is 1. The molecular weight excluding hydrogens is 270 g/mol. The first-order chi connectivity index (χ1) is 9.56. The highest BCUT2D eigenvalue weighted by atomic mass is 16.3. The van der Waals surface area contributed by atoms with Crippen molar-refractivity contribution in [2.24, 2.45) is 16.7 Å². The van der Waals surface area contributed by atoms with Crippen LogP contribution in [0.25, 0.3) is 0 Å². The first kappa shape index (κ1) is 19.5. The minimum atomic E-state index is 0. The molecule has 6 radical (unpaired) electrons. The van der Waals surface area contributed by atoms with Crippen LogP contribution in [0.15, 0.2) is 11.6 Å². The Hall–Kier alpha value is -0.500. The van der Waals surface area contributed by atoms with Crippen LogP contribution >= 0.6 is 0 Å². The van der Waals surface area contributed by atoms with Gasteiger partial charge in [0.15, 0.2) is 0 Å². The Bertz CT molecular complexity index is 423. The lowest BCUT2D eigenvalue weighted by Gasteiger charge is -2.38. The first-order valence-corrected chi connectivity index (χ1v) is 8.38. The average molecular weight is 298 g/mol. The summed E-state index contributed by atoms with van der Waals surface area (Å²) in [7, 11) is 0. The van der Waals surface area contributed by atoms with Crippen LogP contribution in [-0.4, -0.2) is 34.3 Å². The quantitative estimate of drug-likeness (QED) is 0.596. The van der Waals surface area contributed by atoms with Gasteiger partial charge in [-0.1, -0.05) is 25.8 Å². The predicted octanol–water partition coefficient (Wildman–Crippen LogP) is 3.26. The molecule has 22 heavy (non-hydrogen) atoms. The topological polar surface area (TPSA) is 37.3 Å². The largest absolute Gasteiger partial charge is 0.392 e. The summed E-state index contributed by atoms with van der Waals surface area (Å²) in [5.41, 5.74) is 2.42. The summed E-state index contributed by atoms with van der Waals surface area (Å²) in [6.07, 6.45) is 14.9. The summed E-state index contributed by atoms with van der Waals surface area (Å²) in [6.45, 7) is 2.37. The van der Waals surface area contributed by atoms with Gasteiger partial charge in [-0.2, -0.15) is 0 Å². The van der Waals surface area contributed by atoms with E-state index in [9.17, 15) is 4.79 Å². The summed E-state index contributed by atoms with van der Waals surface area (Å²) >= 11 is 0. The van der Waals surface area contributed by atoms with E-state index in [-0.39, 0.29) is 16.8 Å².